The van der Waals surface area contributed by atoms with Crippen molar-refractivity contribution in [1.82, 2.24) is 5.32 Å². The number of ether oxygens (including phenoxy) is 1. The molecule has 0 saturated carbocycles. The van der Waals surface area contributed by atoms with E-state index in [1.807, 2.05) is 13.8 Å². The minimum absolute atomic E-state index is 0.157. The van der Waals surface area contributed by atoms with E-state index in [9.17, 15) is 4.79 Å². The largest absolute Gasteiger partial charge is 0.367 e. The highest BCUT2D eigenvalue weighted by Gasteiger charge is 2.36. The SMILES string of the molecule is CC1(C)NCC(S)C(C(N)=O)O1. The van der Waals surface area contributed by atoms with E-state index in [4.69, 9.17) is 10.5 Å². The van der Waals surface area contributed by atoms with Gasteiger partial charge < -0.3 is 10.5 Å². The first-order chi connectivity index (χ1) is 5.42. The van der Waals surface area contributed by atoms with Crippen molar-refractivity contribution in [2.24, 2.45) is 5.73 Å². The lowest BCUT2D eigenvalue weighted by Crippen LogP contribution is -2.59. The van der Waals surface area contributed by atoms with Gasteiger partial charge in [0.2, 0.25) is 5.91 Å². The monoisotopic (exact) mass is 190 g/mol. The van der Waals surface area contributed by atoms with Crippen LogP contribution in [-0.4, -0.2) is 29.5 Å². The van der Waals surface area contributed by atoms with Crippen LogP contribution < -0.4 is 11.1 Å². The maximum atomic E-state index is 10.9. The summed E-state index contributed by atoms with van der Waals surface area (Å²) in [4.78, 5) is 10.9. The Morgan fingerprint density at radius 3 is 2.75 bits per heavy atom. The van der Waals surface area contributed by atoms with Gasteiger partial charge in [0.15, 0.2) is 6.10 Å². The van der Waals surface area contributed by atoms with Gasteiger partial charge in [-0.05, 0) is 13.8 Å². The van der Waals surface area contributed by atoms with Gasteiger partial charge in [0, 0.05) is 11.8 Å². The van der Waals surface area contributed by atoms with E-state index in [1.54, 1.807) is 0 Å². The average molecular weight is 190 g/mol. The van der Waals surface area contributed by atoms with Gasteiger partial charge in [0.05, 0.1) is 0 Å². The fourth-order valence-corrected chi connectivity index (χ4v) is 1.44. The first-order valence-electron chi connectivity index (χ1n) is 3.82. The van der Waals surface area contributed by atoms with Gasteiger partial charge in [-0.3, -0.25) is 10.1 Å². The molecule has 0 spiro atoms. The molecule has 1 rings (SSSR count). The van der Waals surface area contributed by atoms with Crippen LogP contribution in [0.2, 0.25) is 0 Å². The molecule has 0 aliphatic carbocycles. The van der Waals surface area contributed by atoms with Gasteiger partial charge in [-0.2, -0.15) is 12.6 Å². The Morgan fingerprint density at radius 1 is 1.75 bits per heavy atom. The number of hydrogen-bond acceptors (Lipinski definition) is 4. The van der Waals surface area contributed by atoms with E-state index in [1.165, 1.54) is 0 Å². The second kappa shape index (κ2) is 3.24. The van der Waals surface area contributed by atoms with Crippen molar-refractivity contribution in [2.45, 2.75) is 30.9 Å². The third-order valence-corrected chi connectivity index (χ3v) is 2.24. The van der Waals surface area contributed by atoms with Crippen molar-refractivity contribution in [3.63, 3.8) is 0 Å². The minimum atomic E-state index is -0.593. The Hall–Kier alpha value is -0.260. The smallest absolute Gasteiger partial charge is 0.247 e. The lowest BCUT2D eigenvalue weighted by Gasteiger charge is -2.38. The summed E-state index contributed by atoms with van der Waals surface area (Å²) in [5, 5.41) is 2.93. The average Bonchev–Trinajstić information content (AvgIpc) is 1.94. The number of thiol groups is 1. The molecule has 12 heavy (non-hydrogen) atoms. The highest BCUT2D eigenvalue weighted by atomic mass is 32.1. The number of amides is 1. The molecule has 4 nitrogen and oxygen atoms in total. The van der Waals surface area contributed by atoms with Crippen LogP contribution in [0.5, 0.6) is 0 Å². The quantitative estimate of drug-likeness (QED) is 0.488. The fraction of sp³-hybridized carbons (Fsp3) is 0.857. The molecule has 1 aliphatic rings. The summed E-state index contributed by atoms with van der Waals surface area (Å²) in [6, 6.07) is 0. The molecule has 2 atom stereocenters. The summed E-state index contributed by atoms with van der Waals surface area (Å²) in [7, 11) is 0. The molecular weight excluding hydrogens is 176 g/mol. The summed E-state index contributed by atoms with van der Waals surface area (Å²) in [5.41, 5.74) is 4.65. The third-order valence-electron chi connectivity index (χ3n) is 1.79. The van der Waals surface area contributed by atoms with E-state index in [-0.39, 0.29) is 5.25 Å². The number of nitrogens with one attached hydrogen (secondary N) is 1. The van der Waals surface area contributed by atoms with Crippen LogP contribution in [0.25, 0.3) is 0 Å². The molecule has 1 aliphatic heterocycles. The molecule has 5 heteroatoms. The van der Waals surface area contributed by atoms with E-state index >= 15 is 0 Å². The summed E-state index contributed by atoms with van der Waals surface area (Å²) >= 11 is 4.19. The minimum Gasteiger partial charge on any atom is -0.367 e. The van der Waals surface area contributed by atoms with Crippen LogP contribution in [0.1, 0.15) is 13.8 Å². The highest BCUT2D eigenvalue weighted by Crippen LogP contribution is 2.19. The second-order valence-electron chi connectivity index (χ2n) is 3.40. The van der Waals surface area contributed by atoms with Gasteiger partial charge in [-0.15, -0.1) is 0 Å². The predicted octanol–water partition coefficient (Wildman–Crippen LogP) is -0.505. The summed E-state index contributed by atoms with van der Waals surface area (Å²) in [6.07, 6.45) is -0.593. The van der Waals surface area contributed by atoms with E-state index < -0.39 is 17.7 Å². The third kappa shape index (κ3) is 2.12. The van der Waals surface area contributed by atoms with Gasteiger partial charge in [-0.1, -0.05) is 0 Å². The molecule has 0 aromatic rings. The Bertz CT molecular complexity index is 196. The van der Waals surface area contributed by atoms with Crippen molar-refractivity contribution in [2.75, 3.05) is 6.54 Å². The zero-order valence-corrected chi connectivity index (χ0v) is 8.10. The lowest BCUT2D eigenvalue weighted by atomic mass is 10.1. The van der Waals surface area contributed by atoms with Crippen molar-refractivity contribution < 1.29 is 9.53 Å². The zero-order valence-electron chi connectivity index (χ0n) is 7.20. The van der Waals surface area contributed by atoms with Crippen LogP contribution >= 0.6 is 12.6 Å². The first kappa shape index (κ1) is 9.83. The maximum Gasteiger partial charge on any atom is 0.247 e. The Morgan fingerprint density at radius 2 is 2.33 bits per heavy atom. The van der Waals surface area contributed by atoms with Crippen molar-refractivity contribution in [3.8, 4) is 0 Å². The van der Waals surface area contributed by atoms with E-state index in [0.717, 1.165) is 0 Å². The molecule has 1 heterocycles. The van der Waals surface area contributed by atoms with Crippen LogP contribution in [0.4, 0.5) is 0 Å². The van der Waals surface area contributed by atoms with E-state index in [2.05, 4.69) is 17.9 Å². The van der Waals surface area contributed by atoms with Crippen molar-refractivity contribution in [1.29, 1.82) is 0 Å². The standard InChI is InChI=1S/C7H14N2O2S/c1-7(2)9-3-4(12)5(11-7)6(8)10/h4-5,9,12H,3H2,1-2H3,(H2,8,10). The van der Waals surface area contributed by atoms with Crippen LogP contribution in [0.15, 0.2) is 0 Å². The molecule has 0 aromatic carbocycles. The summed E-state index contributed by atoms with van der Waals surface area (Å²) in [6.45, 7) is 4.33. The van der Waals surface area contributed by atoms with Crippen molar-refractivity contribution in [3.05, 3.63) is 0 Å². The molecule has 2 unspecified atom stereocenters. The number of rotatable bonds is 1. The number of primary amides is 1. The van der Waals surface area contributed by atoms with Gasteiger partial charge in [0.25, 0.3) is 0 Å². The number of nitrogens with two attached hydrogens (primary N) is 1. The fourth-order valence-electron chi connectivity index (χ4n) is 1.14. The zero-order chi connectivity index (χ0) is 9.35. The summed E-state index contributed by atoms with van der Waals surface area (Å²) < 4.78 is 5.39. The molecular formula is C7H14N2O2S. The number of carbonyl (C=O) groups is 1. The molecule has 1 amide bonds. The second-order valence-corrected chi connectivity index (χ2v) is 4.06. The Balaban J connectivity index is 2.66. The van der Waals surface area contributed by atoms with Crippen LogP contribution in [0, 0.1) is 0 Å². The molecule has 70 valence electrons. The van der Waals surface area contributed by atoms with E-state index in [0.29, 0.717) is 6.54 Å². The molecule has 1 fully saturated rings. The predicted molar refractivity (Wildman–Crippen MR) is 48.9 cm³/mol. The Labute approximate surface area is 77.2 Å². The van der Waals surface area contributed by atoms with Gasteiger partial charge in [0.1, 0.15) is 5.72 Å². The molecule has 3 N–H and O–H groups in total. The summed E-state index contributed by atoms with van der Waals surface area (Å²) in [5.74, 6) is -0.454. The Kier molecular flexibility index (Phi) is 2.65. The first-order valence-corrected chi connectivity index (χ1v) is 4.34. The van der Waals surface area contributed by atoms with Gasteiger partial charge in [-0.25, -0.2) is 0 Å². The van der Waals surface area contributed by atoms with Crippen LogP contribution in [-0.2, 0) is 9.53 Å². The number of carbonyl (C=O) groups excluding carboxylic acids is 1. The molecule has 0 bridgehead atoms. The molecule has 1 saturated heterocycles. The van der Waals surface area contributed by atoms with Crippen LogP contribution in [0.3, 0.4) is 0 Å². The lowest BCUT2D eigenvalue weighted by molar-refractivity contribution is -0.152. The van der Waals surface area contributed by atoms with Gasteiger partial charge >= 0.3 is 0 Å². The van der Waals surface area contributed by atoms with Crippen molar-refractivity contribution >= 4 is 18.5 Å². The topological polar surface area (TPSA) is 64.3 Å². The highest BCUT2D eigenvalue weighted by molar-refractivity contribution is 7.81. The number of hydrogen-bond donors (Lipinski definition) is 3. The maximum absolute atomic E-state index is 10.9. The molecule has 0 aromatic heterocycles. The normalized spacial score (nSPS) is 34.6. The molecule has 0 radical (unpaired) electrons.